The van der Waals surface area contributed by atoms with Gasteiger partial charge in [-0.2, -0.15) is 0 Å². The quantitative estimate of drug-likeness (QED) is 0.920. The van der Waals surface area contributed by atoms with Gasteiger partial charge in [0.2, 0.25) is 5.91 Å². The fourth-order valence-corrected chi connectivity index (χ4v) is 3.57. The zero-order chi connectivity index (χ0) is 14.2. The molecular weight excluding hydrogens is 255 g/mol. The molecule has 1 saturated heterocycles. The minimum absolute atomic E-state index is 0.175. The number of hydrogen-bond acceptors (Lipinski definition) is 2. The number of anilines is 1. The van der Waals surface area contributed by atoms with Crippen LogP contribution >= 0.6 is 0 Å². The summed E-state index contributed by atoms with van der Waals surface area (Å²) >= 11 is 0. The molecule has 3 nitrogen and oxygen atoms in total. The van der Waals surface area contributed by atoms with Crippen molar-refractivity contribution in [1.82, 2.24) is 5.32 Å². The summed E-state index contributed by atoms with van der Waals surface area (Å²) in [5.41, 5.74) is 1.57. The van der Waals surface area contributed by atoms with E-state index in [0.717, 1.165) is 50.0 Å². The molecule has 2 aliphatic rings. The predicted molar refractivity (Wildman–Crippen MR) is 77.3 cm³/mol. The molecule has 1 unspecified atom stereocenters. The monoisotopic (exact) mass is 276 g/mol. The van der Waals surface area contributed by atoms with E-state index in [9.17, 15) is 9.18 Å². The first-order valence-corrected chi connectivity index (χ1v) is 7.47. The summed E-state index contributed by atoms with van der Waals surface area (Å²) in [7, 11) is 0. The average Bonchev–Trinajstić information content (AvgIpc) is 3.05. The fourth-order valence-electron chi connectivity index (χ4n) is 3.57. The van der Waals surface area contributed by atoms with E-state index >= 15 is 0 Å². The minimum atomic E-state index is -0.289. The number of amides is 1. The van der Waals surface area contributed by atoms with Crippen LogP contribution in [0.2, 0.25) is 0 Å². The third-order valence-corrected chi connectivity index (χ3v) is 4.61. The molecule has 20 heavy (non-hydrogen) atoms. The second-order valence-corrected chi connectivity index (χ2v) is 5.94. The number of carbonyl (C=O) groups is 1. The molecule has 0 saturated carbocycles. The van der Waals surface area contributed by atoms with Gasteiger partial charge in [-0.15, -0.1) is 0 Å². The van der Waals surface area contributed by atoms with Gasteiger partial charge in [0.25, 0.3) is 0 Å². The van der Waals surface area contributed by atoms with Crippen LogP contribution in [-0.2, 0) is 11.2 Å². The van der Waals surface area contributed by atoms with Crippen LogP contribution in [0.4, 0.5) is 10.1 Å². The lowest BCUT2D eigenvalue weighted by atomic mass is 9.81. The lowest BCUT2D eigenvalue weighted by Gasteiger charge is -2.32. The molecule has 0 aromatic heterocycles. The number of halogens is 1. The molecule has 1 aromatic carbocycles. The summed E-state index contributed by atoms with van der Waals surface area (Å²) in [6.07, 6.45) is 3.62. The summed E-state index contributed by atoms with van der Waals surface area (Å²) in [5, 5.41) is 3.32. The Balaban J connectivity index is 1.91. The largest absolute Gasteiger partial charge is 0.316 e. The number of hydrogen-bond donors (Lipinski definition) is 1. The SMILES string of the molecule is CCCC1(C(=O)N2CCc3ccc(F)cc32)CCNC1. The molecule has 0 spiro atoms. The van der Waals surface area contributed by atoms with E-state index < -0.39 is 0 Å². The molecule has 2 aliphatic heterocycles. The summed E-state index contributed by atoms with van der Waals surface area (Å²) in [5.74, 6) is -0.0914. The third-order valence-electron chi connectivity index (χ3n) is 4.61. The topological polar surface area (TPSA) is 32.3 Å². The standard InChI is InChI=1S/C16H21FN2O/c1-2-6-16(7-8-18-11-16)15(20)19-9-5-12-3-4-13(17)10-14(12)19/h3-4,10,18H,2,5-9,11H2,1H3. The number of benzene rings is 1. The van der Waals surface area contributed by atoms with E-state index in [1.165, 1.54) is 12.1 Å². The molecule has 1 amide bonds. The van der Waals surface area contributed by atoms with E-state index in [1.807, 2.05) is 0 Å². The Morgan fingerprint density at radius 2 is 2.35 bits per heavy atom. The molecule has 0 aliphatic carbocycles. The third kappa shape index (κ3) is 2.12. The van der Waals surface area contributed by atoms with Crippen molar-refractivity contribution in [3.05, 3.63) is 29.6 Å². The number of fused-ring (bicyclic) bond motifs is 1. The van der Waals surface area contributed by atoms with Gasteiger partial charge in [-0.05, 0) is 43.5 Å². The maximum Gasteiger partial charge on any atom is 0.234 e. The van der Waals surface area contributed by atoms with Crippen molar-refractivity contribution in [3.63, 3.8) is 0 Å². The first-order chi connectivity index (χ1) is 9.66. The molecule has 3 rings (SSSR count). The summed E-state index contributed by atoms with van der Waals surface area (Å²) < 4.78 is 13.5. The van der Waals surface area contributed by atoms with Gasteiger partial charge in [0.1, 0.15) is 5.82 Å². The predicted octanol–water partition coefficient (Wildman–Crippen LogP) is 2.49. The van der Waals surface area contributed by atoms with Crippen molar-refractivity contribution in [1.29, 1.82) is 0 Å². The molecule has 1 atom stereocenters. The lowest BCUT2D eigenvalue weighted by molar-refractivity contribution is -0.127. The van der Waals surface area contributed by atoms with Crippen molar-refractivity contribution in [2.75, 3.05) is 24.5 Å². The highest BCUT2D eigenvalue weighted by Crippen LogP contribution is 2.38. The van der Waals surface area contributed by atoms with Crippen LogP contribution in [-0.4, -0.2) is 25.5 Å². The molecule has 108 valence electrons. The van der Waals surface area contributed by atoms with Crippen LogP contribution in [0.5, 0.6) is 0 Å². The van der Waals surface area contributed by atoms with Crippen LogP contribution in [0.1, 0.15) is 31.7 Å². The summed E-state index contributed by atoms with van der Waals surface area (Å²) in [6.45, 7) is 4.45. The van der Waals surface area contributed by atoms with E-state index in [4.69, 9.17) is 0 Å². The van der Waals surface area contributed by atoms with Crippen molar-refractivity contribution in [2.45, 2.75) is 32.6 Å². The van der Waals surface area contributed by atoms with Crippen LogP contribution in [0, 0.1) is 11.2 Å². The average molecular weight is 276 g/mol. The normalized spacial score (nSPS) is 25.0. The van der Waals surface area contributed by atoms with Crippen molar-refractivity contribution >= 4 is 11.6 Å². The first kappa shape index (κ1) is 13.6. The number of nitrogens with zero attached hydrogens (tertiary/aromatic N) is 1. The molecule has 0 radical (unpaired) electrons. The number of nitrogens with one attached hydrogen (secondary N) is 1. The van der Waals surface area contributed by atoms with Crippen LogP contribution in [0.3, 0.4) is 0 Å². The summed E-state index contributed by atoms with van der Waals surface area (Å²) in [4.78, 5) is 14.8. The zero-order valence-corrected chi connectivity index (χ0v) is 11.9. The van der Waals surface area contributed by atoms with Gasteiger partial charge in [-0.25, -0.2) is 4.39 Å². The molecule has 0 bridgehead atoms. The Morgan fingerprint density at radius 1 is 1.50 bits per heavy atom. The molecule has 1 fully saturated rings. The van der Waals surface area contributed by atoms with Crippen LogP contribution < -0.4 is 10.2 Å². The maximum atomic E-state index is 13.5. The number of carbonyl (C=O) groups excluding carboxylic acids is 1. The highest BCUT2D eigenvalue weighted by atomic mass is 19.1. The van der Waals surface area contributed by atoms with Gasteiger partial charge >= 0.3 is 0 Å². The highest BCUT2D eigenvalue weighted by molar-refractivity contribution is 5.99. The zero-order valence-electron chi connectivity index (χ0n) is 11.9. The van der Waals surface area contributed by atoms with Gasteiger partial charge < -0.3 is 10.2 Å². The van der Waals surface area contributed by atoms with Gasteiger partial charge in [-0.3, -0.25) is 4.79 Å². The van der Waals surface area contributed by atoms with Gasteiger partial charge in [-0.1, -0.05) is 19.4 Å². The van der Waals surface area contributed by atoms with Crippen LogP contribution in [0.25, 0.3) is 0 Å². The molecule has 4 heteroatoms. The molecule has 1 N–H and O–H groups in total. The van der Waals surface area contributed by atoms with E-state index in [-0.39, 0.29) is 17.1 Å². The van der Waals surface area contributed by atoms with Crippen LogP contribution in [0.15, 0.2) is 18.2 Å². The van der Waals surface area contributed by atoms with Gasteiger partial charge in [0.15, 0.2) is 0 Å². The smallest absolute Gasteiger partial charge is 0.234 e. The lowest BCUT2D eigenvalue weighted by Crippen LogP contribution is -2.44. The molecular formula is C16H21FN2O. The van der Waals surface area contributed by atoms with Gasteiger partial charge in [0.05, 0.1) is 5.41 Å². The van der Waals surface area contributed by atoms with E-state index in [1.54, 1.807) is 11.0 Å². The Bertz CT molecular complexity index is 523. The van der Waals surface area contributed by atoms with Crippen molar-refractivity contribution < 1.29 is 9.18 Å². The fraction of sp³-hybridized carbons (Fsp3) is 0.562. The Hall–Kier alpha value is -1.42. The first-order valence-electron chi connectivity index (χ1n) is 7.47. The van der Waals surface area contributed by atoms with E-state index in [2.05, 4.69) is 12.2 Å². The summed E-state index contributed by atoms with van der Waals surface area (Å²) in [6, 6.07) is 4.78. The molecule has 1 aromatic rings. The van der Waals surface area contributed by atoms with Gasteiger partial charge in [0, 0.05) is 18.8 Å². The maximum absolute atomic E-state index is 13.5. The second kappa shape index (κ2) is 5.17. The van der Waals surface area contributed by atoms with Crippen molar-refractivity contribution in [2.24, 2.45) is 5.41 Å². The Labute approximate surface area is 119 Å². The molecule has 2 heterocycles. The Morgan fingerprint density at radius 3 is 3.05 bits per heavy atom. The number of rotatable bonds is 3. The van der Waals surface area contributed by atoms with E-state index in [0.29, 0.717) is 6.54 Å². The Kier molecular flexibility index (Phi) is 3.50. The minimum Gasteiger partial charge on any atom is -0.316 e. The van der Waals surface area contributed by atoms with Crippen molar-refractivity contribution in [3.8, 4) is 0 Å². The highest BCUT2D eigenvalue weighted by Gasteiger charge is 2.44. The second-order valence-electron chi connectivity index (χ2n) is 5.94.